The lowest BCUT2D eigenvalue weighted by Crippen LogP contribution is -2.39. The van der Waals surface area contributed by atoms with Crippen LogP contribution in [0.4, 0.5) is 24.5 Å². The fourth-order valence-corrected chi connectivity index (χ4v) is 3.75. The summed E-state index contributed by atoms with van der Waals surface area (Å²) in [7, 11) is -4.57. The summed E-state index contributed by atoms with van der Waals surface area (Å²) in [6.45, 7) is 1.40. The van der Waals surface area contributed by atoms with Crippen LogP contribution >= 0.6 is 0 Å². The molecule has 3 rings (SSSR count). The Morgan fingerprint density at radius 3 is 2.19 bits per heavy atom. The molecule has 1 fully saturated rings. The van der Waals surface area contributed by atoms with Gasteiger partial charge in [0.15, 0.2) is 0 Å². The smallest absolute Gasteiger partial charge is 0.341 e. The molecule has 26 heavy (non-hydrogen) atoms. The minimum atomic E-state index is -4.57. The summed E-state index contributed by atoms with van der Waals surface area (Å²) < 4.78 is 61.8. The van der Waals surface area contributed by atoms with E-state index < -0.39 is 15.6 Å². The highest BCUT2D eigenvalue weighted by atomic mass is 32.2. The van der Waals surface area contributed by atoms with Gasteiger partial charge in [-0.2, -0.15) is 8.78 Å². The van der Waals surface area contributed by atoms with Crippen LogP contribution in [0.5, 0.6) is 0 Å². The van der Waals surface area contributed by atoms with Crippen LogP contribution in [-0.2, 0) is 9.84 Å². The highest BCUT2D eigenvalue weighted by Crippen LogP contribution is 2.26. The molecule has 0 bridgehead atoms. The zero-order valence-corrected chi connectivity index (χ0v) is 14.7. The van der Waals surface area contributed by atoms with Crippen LogP contribution in [0, 0.1) is 5.82 Å². The van der Waals surface area contributed by atoms with E-state index in [4.69, 9.17) is 0 Å². The molecule has 0 radical (unpaired) electrons. The molecule has 0 unspecified atom stereocenters. The van der Waals surface area contributed by atoms with Crippen molar-refractivity contribution >= 4 is 21.2 Å². The van der Waals surface area contributed by atoms with E-state index in [1.807, 2.05) is 0 Å². The van der Waals surface area contributed by atoms with Gasteiger partial charge in [-0.25, -0.2) is 12.8 Å². The molecule has 1 aliphatic heterocycles. The van der Waals surface area contributed by atoms with E-state index in [0.29, 0.717) is 18.8 Å². The van der Waals surface area contributed by atoms with Crippen molar-refractivity contribution in [2.75, 3.05) is 23.3 Å². The third kappa shape index (κ3) is 3.95. The van der Waals surface area contributed by atoms with Crippen molar-refractivity contribution in [2.24, 2.45) is 0 Å². The van der Waals surface area contributed by atoms with Gasteiger partial charge in [0.2, 0.25) is 9.84 Å². The number of benzene rings is 2. The molecule has 0 aromatic heterocycles. The number of para-hydroxylation sites is 1. The van der Waals surface area contributed by atoms with Crippen molar-refractivity contribution in [2.45, 2.75) is 29.5 Å². The Morgan fingerprint density at radius 2 is 1.62 bits per heavy atom. The number of halogens is 3. The van der Waals surface area contributed by atoms with Gasteiger partial charge >= 0.3 is 5.76 Å². The zero-order valence-electron chi connectivity index (χ0n) is 13.9. The summed E-state index contributed by atoms with van der Waals surface area (Å²) in [4.78, 5) is 1.67. The maximum atomic E-state index is 13.7. The van der Waals surface area contributed by atoms with Crippen LogP contribution in [0.2, 0.25) is 0 Å². The van der Waals surface area contributed by atoms with E-state index in [-0.39, 0.29) is 16.8 Å². The highest BCUT2D eigenvalue weighted by Gasteiger charge is 2.27. The van der Waals surface area contributed by atoms with E-state index in [2.05, 4.69) is 10.2 Å². The van der Waals surface area contributed by atoms with Crippen LogP contribution in [0.3, 0.4) is 0 Å². The summed E-state index contributed by atoms with van der Waals surface area (Å²) in [5.41, 5.74) is 1.26. The quantitative estimate of drug-likeness (QED) is 0.849. The van der Waals surface area contributed by atoms with Gasteiger partial charge in [0, 0.05) is 24.8 Å². The molecule has 1 aliphatic rings. The number of rotatable bonds is 5. The number of anilines is 2. The second kappa shape index (κ2) is 7.57. The van der Waals surface area contributed by atoms with Crippen LogP contribution in [0.15, 0.2) is 53.4 Å². The Kier molecular flexibility index (Phi) is 5.41. The average Bonchev–Trinajstić information content (AvgIpc) is 2.64. The lowest BCUT2D eigenvalue weighted by atomic mass is 10.0. The Bertz CT molecular complexity index is 849. The van der Waals surface area contributed by atoms with E-state index in [0.717, 1.165) is 18.5 Å². The number of sulfone groups is 1. The number of hydrogen-bond acceptors (Lipinski definition) is 4. The molecule has 4 nitrogen and oxygen atoms in total. The topological polar surface area (TPSA) is 49.4 Å². The average molecular weight is 384 g/mol. The van der Waals surface area contributed by atoms with Gasteiger partial charge < -0.3 is 10.2 Å². The molecular formula is C18H19F3N2O2S. The highest BCUT2D eigenvalue weighted by molar-refractivity contribution is 7.91. The van der Waals surface area contributed by atoms with E-state index in [9.17, 15) is 21.6 Å². The molecule has 0 amide bonds. The largest absolute Gasteiger partial charge is 0.380 e. The number of piperidine rings is 1. The molecular weight excluding hydrogens is 365 g/mol. The first kappa shape index (κ1) is 18.6. The Balaban J connectivity index is 1.61. The predicted molar refractivity (Wildman–Crippen MR) is 94.9 cm³/mol. The number of nitrogens with one attached hydrogen (secondary N) is 1. The monoisotopic (exact) mass is 384 g/mol. The molecule has 0 aliphatic carbocycles. The van der Waals surface area contributed by atoms with Gasteiger partial charge in [-0.05, 0) is 49.2 Å². The molecule has 2 aromatic carbocycles. The molecule has 0 spiro atoms. The maximum absolute atomic E-state index is 13.7. The minimum Gasteiger partial charge on any atom is -0.380 e. The first-order valence-corrected chi connectivity index (χ1v) is 9.80. The summed E-state index contributed by atoms with van der Waals surface area (Å²) in [6, 6.07) is 12.2. The molecule has 8 heteroatoms. The van der Waals surface area contributed by atoms with Gasteiger partial charge in [0.1, 0.15) is 5.82 Å². The molecule has 1 N–H and O–H groups in total. The summed E-state index contributed by atoms with van der Waals surface area (Å²) in [5, 5.41) is 3.20. The fourth-order valence-electron chi connectivity index (χ4n) is 3.03. The Morgan fingerprint density at radius 1 is 1.00 bits per heavy atom. The van der Waals surface area contributed by atoms with Gasteiger partial charge in [-0.3, -0.25) is 0 Å². The summed E-state index contributed by atoms with van der Waals surface area (Å²) in [6.07, 6.45) is 1.57. The summed E-state index contributed by atoms with van der Waals surface area (Å²) >= 11 is 0. The second-order valence-electron chi connectivity index (χ2n) is 6.19. The number of nitrogens with zero attached hydrogens (tertiary/aromatic N) is 1. The Hall–Kier alpha value is -2.22. The van der Waals surface area contributed by atoms with Gasteiger partial charge in [-0.15, -0.1) is 0 Å². The maximum Gasteiger partial charge on any atom is 0.341 e. The molecule has 2 aromatic rings. The lowest BCUT2D eigenvalue weighted by Gasteiger charge is -2.34. The Labute approximate surface area is 150 Å². The van der Waals surface area contributed by atoms with Crippen molar-refractivity contribution < 1.29 is 21.6 Å². The lowest BCUT2D eigenvalue weighted by molar-refractivity contribution is 0.234. The standard InChI is InChI=1S/C18H19F3N2O2S/c19-16-3-1-2-4-17(16)22-13-9-11-23(12-10-13)14-5-7-15(8-6-14)26(24,25)18(20)21/h1-8,13,18,22H,9-12H2. The van der Waals surface area contributed by atoms with Crippen molar-refractivity contribution in [3.05, 3.63) is 54.3 Å². The van der Waals surface area contributed by atoms with Crippen molar-refractivity contribution in [1.82, 2.24) is 0 Å². The molecule has 1 heterocycles. The SMILES string of the molecule is O=S(=O)(c1ccc(N2CCC(Nc3ccccc3F)CC2)cc1)C(F)F. The van der Waals surface area contributed by atoms with Crippen LogP contribution in [0.25, 0.3) is 0 Å². The normalized spacial score (nSPS) is 16.1. The third-order valence-electron chi connectivity index (χ3n) is 4.49. The first-order chi connectivity index (χ1) is 12.4. The third-order valence-corrected chi connectivity index (χ3v) is 5.89. The van der Waals surface area contributed by atoms with E-state index in [1.165, 1.54) is 18.2 Å². The first-order valence-electron chi connectivity index (χ1n) is 8.26. The molecule has 0 atom stereocenters. The number of hydrogen-bond donors (Lipinski definition) is 1. The number of alkyl halides is 2. The van der Waals surface area contributed by atoms with Crippen LogP contribution < -0.4 is 10.2 Å². The van der Waals surface area contributed by atoms with E-state index in [1.54, 1.807) is 30.3 Å². The fraction of sp³-hybridized carbons (Fsp3) is 0.333. The summed E-state index contributed by atoms with van der Waals surface area (Å²) in [5.74, 6) is -3.71. The van der Waals surface area contributed by atoms with E-state index >= 15 is 0 Å². The van der Waals surface area contributed by atoms with Crippen molar-refractivity contribution in [1.29, 1.82) is 0 Å². The van der Waals surface area contributed by atoms with Gasteiger partial charge in [-0.1, -0.05) is 12.1 Å². The minimum absolute atomic E-state index is 0.140. The van der Waals surface area contributed by atoms with Crippen LogP contribution in [0.1, 0.15) is 12.8 Å². The predicted octanol–water partition coefficient (Wildman–Crippen LogP) is 3.90. The molecule has 1 saturated heterocycles. The molecule has 0 saturated carbocycles. The van der Waals surface area contributed by atoms with Gasteiger partial charge in [0.05, 0.1) is 10.6 Å². The van der Waals surface area contributed by atoms with Crippen LogP contribution in [-0.4, -0.2) is 33.3 Å². The zero-order chi connectivity index (χ0) is 18.7. The van der Waals surface area contributed by atoms with Crippen molar-refractivity contribution in [3.8, 4) is 0 Å². The van der Waals surface area contributed by atoms with Gasteiger partial charge in [0.25, 0.3) is 0 Å². The second-order valence-corrected chi connectivity index (χ2v) is 8.10. The molecule has 140 valence electrons. The van der Waals surface area contributed by atoms with Crippen molar-refractivity contribution in [3.63, 3.8) is 0 Å².